The molecule has 34 heavy (non-hydrogen) atoms. The highest BCUT2D eigenvalue weighted by atomic mass is 35.5. The Morgan fingerprint density at radius 1 is 1.15 bits per heavy atom. The average molecular weight is 482 g/mol. The zero-order valence-corrected chi connectivity index (χ0v) is 20.3. The van der Waals surface area contributed by atoms with E-state index in [2.05, 4.69) is 15.3 Å². The summed E-state index contributed by atoms with van der Waals surface area (Å²) in [5.41, 5.74) is 1.78. The number of nitrogens with one attached hydrogen (secondary N) is 1. The molecule has 0 spiro atoms. The third kappa shape index (κ3) is 5.07. The van der Waals surface area contributed by atoms with Crippen LogP contribution in [0.1, 0.15) is 36.3 Å². The highest BCUT2D eigenvalue weighted by Crippen LogP contribution is 2.25. The van der Waals surface area contributed by atoms with Gasteiger partial charge in [-0.25, -0.2) is 0 Å². The Labute approximate surface area is 204 Å². The number of methoxy groups -OCH3 is 1. The summed E-state index contributed by atoms with van der Waals surface area (Å²) < 4.78 is 5.21. The Morgan fingerprint density at radius 3 is 2.71 bits per heavy atom. The lowest BCUT2D eigenvalue weighted by Gasteiger charge is -2.47. The summed E-state index contributed by atoms with van der Waals surface area (Å²) >= 11 is 6.13. The minimum atomic E-state index is -0.583. The monoisotopic (exact) mass is 481 g/mol. The van der Waals surface area contributed by atoms with Gasteiger partial charge in [0.2, 0.25) is 0 Å². The average Bonchev–Trinajstić information content (AvgIpc) is 3.09. The van der Waals surface area contributed by atoms with Crippen LogP contribution in [0.25, 0.3) is 5.57 Å². The number of pyridine rings is 1. The largest absolute Gasteiger partial charge is 0.497 e. The molecule has 2 aliphatic heterocycles. The molecular formula is C25H28ClN5O3. The molecule has 0 radical (unpaired) electrons. The maximum absolute atomic E-state index is 13.4. The van der Waals surface area contributed by atoms with E-state index in [0.29, 0.717) is 54.9 Å². The summed E-state index contributed by atoms with van der Waals surface area (Å²) in [5.74, 6) is 0.520. The molecule has 1 fully saturated rings. The smallest absolute Gasteiger partial charge is 0.289 e. The minimum absolute atomic E-state index is 0.180. The van der Waals surface area contributed by atoms with Crippen LogP contribution in [0.3, 0.4) is 0 Å². The van der Waals surface area contributed by atoms with Gasteiger partial charge < -0.3 is 19.9 Å². The van der Waals surface area contributed by atoms with Gasteiger partial charge in [0.15, 0.2) is 5.84 Å². The van der Waals surface area contributed by atoms with Crippen molar-refractivity contribution in [1.29, 1.82) is 0 Å². The molecule has 4 rings (SSSR count). The zero-order valence-electron chi connectivity index (χ0n) is 19.5. The number of amidine groups is 1. The van der Waals surface area contributed by atoms with E-state index in [4.69, 9.17) is 16.3 Å². The number of carbonyl (C=O) groups is 2. The SMILES string of the molecule is COc1ccnc(C(=O)N2CCN(C(=O)C3=NCCC(c4cccc(Cl)c4)=CN3)C(C)(C)C2)c1. The second-order valence-corrected chi connectivity index (χ2v) is 9.32. The van der Waals surface area contributed by atoms with Crippen molar-refractivity contribution in [2.24, 2.45) is 4.99 Å². The van der Waals surface area contributed by atoms with Gasteiger partial charge in [-0.15, -0.1) is 0 Å². The first-order valence-electron chi connectivity index (χ1n) is 11.2. The summed E-state index contributed by atoms with van der Waals surface area (Å²) in [6, 6.07) is 10.9. The van der Waals surface area contributed by atoms with E-state index in [-0.39, 0.29) is 11.8 Å². The zero-order chi connectivity index (χ0) is 24.3. The summed E-state index contributed by atoms with van der Waals surface area (Å²) in [5, 5.41) is 3.77. The van der Waals surface area contributed by atoms with Crippen molar-refractivity contribution in [2.45, 2.75) is 25.8 Å². The van der Waals surface area contributed by atoms with Crippen LogP contribution in [0, 0.1) is 0 Å². The number of rotatable bonds is 4. The van der Waals surface area contributed by atoms with Crippen molar-refractivity contribution in [1.82, 2.24) is 20.1 Å². The number of carbonyl (C=O) groups excluding carboxylic acids is 2. The highest BCUT2D eigenvalue weighted by molar-refractivity contribution is 6.38. The molecule has 0 saturated carbocycles. The van der Waals surface area contributed by atoms with Gasteiger partial charge in [-0.05, 0) is 49.6 Å². The Hall–Kier alpha value is -3.39. The fourth-order valence-electron chi connectivity index (χ4n) is 4.26. The van der Waals surface area contributed by atoms with Crippen molar-refractivity contribution in [3.05, 3.63) is 65.1 Å². The molecule has 0 unspecified atom stereocenters. The van der Waals surface area contributed by atoms with E-state index in [1.165, 1.54) is 0 Å². The molecule has 3 heterocycles. The highest BCUT2D eigenvalue weighted by Gasteiger charge is 2.40. The van der Waals surface area contributed by atoms with E-state index >= 15 is 0 Å². The molecule has 1 saturated heterocycles. The number of aromatic nitrogens is 1. The number of benzene rings is 1. The van der Waals surface area contributed by atoms with Gasteiger partial charge in [0.25, 0.3) is 11.8 Å². The lowest BCUT2D eigenvalue weighted by Crippen LogP contribution is -2.64. The number of halogens is 1. The molecule has 178 valence electrons. The van der Waals surface area contributed by atoms with Crippen LogP contribution >= 0.6 is 11.6 Å². The maximum Gasteiger partial charge on any atom is 0.289 e. The first kappa shape index (κ1) is 23.8. The Bertz CT molecular complexity index is 1160. The normalized spacial score (nSPS) is 17.8. The number of aliphatic imine (C=N–C) groups is 1. The Morgan fingerprint density at radius 2 is 1.97 bits per heavy atom. The molecule has 1 N–H and O–H groups in total. The van der Waals surface area contributed by atoms with Crippen LogP contribution in [0.4, 0.5) is 0 Å². The summed E-state index contributed by atoms with van der Waals surface area (Å²) in [4.78, 5) is 38.6. The topological polar surface area (TPSA) is 87.1 Å². The number of nitrogens with zero attached hydrogens (tertiary/aromatic N) is 4. The predicted molar refractivity (Wildman–Crippen MR) is 132 cm³/mol. The summed E-state index contributed by atoms with van der Waals surface area (Å²) in [7, 11) is 1.55. The van der Waals surface area contributed by atoms with Gasteiger partial charge in [-0.2, -0.15) is 0 Å². The Kier molecular flexibility index (Phi) is 6.88. The number of hydrogen-bond acceptors (Lipinski definition) is 6. The van der Waals surface area contributed by atoms with Crippen molar-refractivity contribution in [3.8, 4) is 5.75 Å². The minimum Gasteiger partial charge on any atom is -0.497 e. The van der Waals surface area contributed by atoms with Gasteiger partial charge in [0.1, 0.15) is 11.4 Å². The second kappa shape index (κ2) is 9.85. The third-order valence-corrected chi connectivity index (χ3v) is 6.29. The predicted octanol–water partition coefficient (Wildman–Crippen LogP) is 3.24. The third-order valence-electron chi connectivity index (χ3n) is 6.05. The van der Waals surface area contributed by atoms with Gasteiger partial charge in [-0.3, -0.25) is 19.6 Å². The first-order chi connectivity index (χ1) is 16.3. The molecule has 0 bridgehead atoms. The molecule has 0 aliphatic carbocycles. The molecule has 0 atom stereocenters. The van der Waals surface area contributed by atoms with E-state index in [0.717, 1.165) is 11.1 Å². The second-order valence-electron chi connectivity index (χ2n) is 8.88. The number of ether oxygens (including phenoxy) is 1. The van der Waals surface area contributed by atoms with Crippen LogP contribution in [-0.4, -0.2) is 71.3 Å². The van der Waals surface area contributed by atoms with Gasteiger partial charge >= 0.3 is 0 Å². The number of hydrogen-bond donors (Lipinski definition) is 1. The van der Waals surface area contributed by atoms with Crippen LogP contribution in [0.5, 0.6) is 5.75 Å². The molecule has 1 aromatic heterocycles. The number of amides is 2. The molecule has 9 heteroatoms. The van der Waals surface area contributed by atoms with Crippen molar-refractivity contribution in [2.75, 3.05) is 33.3 Å². The van der Waals surface area contributed by atoms with Crippen molar-refractivity contribution in [3.63, 3.8) is 0 Å². The van der Waals surface area contributed by atoms with Crippen LogP contribution < -0.4 is 10.1 Å². The summed E-state index contributed by atoms with van der Waals surface area (Å²) in [6.45, 7) is 5.58. The molecule has 2 aromatic rings. The van der Waals surface area contributed by atoms with Crippen molar-refractivity contribution >= 4 is 34.8 Å². The quantitative estimate of drug-likeness (QED) is 0.724. The molecule has 1 aromatic carbocycles. The van der Waals surface area contributed by atoms with Crippen LogP contribution in [0.2, 0.25) is 5.02 Å². The van der Waals surface area contributed by atoms with E-state index in [1.54, 1.807) is 35.2 Å². The van der Waals surface area contributed by atoms with Crippen molar-refractivity contribution < 1.29 is 14.3 Å². The van der Waals surface area contributed by atoms with E-state index < -0.39 is 5.54 Å². The standard InChI is InChI=1S/C25H28ClN5O3/c1-25(2)16-30(23(32)21-14-20(34-3)8-10-27-21)11-12-31(25)24(33)22-28-9-7-18(15-29-22)17-5-4-6-19(26)13-17/h4-6,8,10,13-15H,7,9,11-12,16H2,1-3H3,(H,28,29). The van der Waals surface area contributed by atoms with Gasteiger partial charge in [0.05, 0.1) is 12.6 Å². The fraction of sp³-hybridized carbons (Fsp3) is 0.360. The molecule has 2 aliphatic rings. The molecule has 2 amide bonds. The molecular weight excluding hydrogens is 454 g/mol. The lowest BCUT2D eigenvalue weighted by atomic mass is 9.98. The van der Waals surface area contributed by atoms with Crippen LogP contribution in [0.15, 0.2) is 53.8 Å². The number of piperazine rings is 1. The van der Waals surface area contributed by atoms with Gasteiger partial charge in [-0.1, -0.05) is 23.7 Å². The fourth-order valence-corrected chi connectivity index (χ4v) is 4.45. The first-order valence-corrected chi connectivity index (χ1v) is 11.5. The maximum atomic E-state index is 13.4. The molecule has 8 nitrogen and oxygen atoms in total. The lowest BCUT2D eigenvalue weighted by molar-refractivity contribution is -0.132. The van der Waals surface area contributed by atoms with Gasteiger partial charge in [0, 0.05) is 49.7 Å². The van der Waals surface area contributed by atoms with E-state index in [1.807, 2.05) is 44.3 Å². The Balaban J connectivity index is 1.45. The summed E-state index contributed by atoms with van der Waals surface area (Å²) in [6.07, 6.45) is 4.08. The van der Waals surface area contributed by atoms with Crippen LogP contribution in [-0.2, 0) is 4.79 Å². The van der Waals surface area contributed by atoms with E-state index in [9.17, 15) is 9.59 Å².